The summed E-state index contributed by atoms with van der Waals surface area (Å²) in [7, 11) is 0. The number of rotatable bonds is 6. The van der Waals surface area contributed by atoms with E-state index in [1.807, 2.05) is 35.0 Å². The average Bonchev–Trinajstić information content (AvgIpc) is 3.41. The van der Waals surface area contributed by atoms with Gasteiger partial charge in [0.1, 0.15) is 11.8 Å². The van der Waals surface area contributed by atoms with Gasteiger partial charge in [0.2, 0.25) is 5.91 Å². The summed E-state index contributed by atoms with van der Waals surface area (Å²) >= 11 is 0. The quantitative estimate of drug-likeness (QED) is 0.630. The number of furan rings is 1. The first-order valence-electron chi connectivity index (χ1n) is 8.63. The molecule has 3 N–H and O–H groups in total. The molecule has 0 aliphatic carbocycles. The Morgan fingerprint density at radius 3 is 3.00 bits per heavy atom. The number of hydrazine groups is 1. The zero-order chi connectivity index (χ0) is 17.8. The largest absolute Gasteiger partial charge is 0.468 e. The van der Waals surface area contributed by atoms with Gasteiger partial charge in [0, 0.05) is 25.5 Å². The molecule has 0 saturated carbocycles. The van der Waals surface area contributed by atoms with E-state index in [1.54, 1.807) is 18.8 Å². The number of benzene rings is 1. The first-order valence-corrected chi connectivity index (χ1v) is 8.63. The Labute approximate surface area is 151 Å². The average molecular weight is 351 g/mol. The highest BCUT2D eigenvalue weighted by molar-refractivity contribution is 5.82. The topological polar surface area (TPSA) is 84.1 Å². The van der Waals surface area contributed by atoms with Gasteiger partial charge in [-0.25, -0.2) is 15.8 Å². The van der Waals surface area contributed by atoms with Crippen LogP contribution in [-0.2, 0) is 17.9 Å². The molecular weight excluding hydrogens is 330 g/mol. The van der Waals surface area contributed by atoms with Crippen molar-refractivity contribution in [2.45, 2.75) is 31.6 Å². The maximum Gasteiger partial charge on any atom is 0.238 e. The summed E-state index contributed by atoms with van der Waals surface area (Å²) < 4.78 is 7.40. The minimum absolute atomic E-state index is 0.0132. The highest BCUT2D eigenvalue weighted by Crippen LogP contribution is 2.22. The Balaban J connectivity index is 1.30. The lowest BCUT2D eigenvalue weighted by atomic mass is 10.1. The van der Waals surface area contributed by atoms with Crippen LogP contribution >= 0.6 is 0 Å². The number of amides is 1. The Bertz CT molecular complexity index is 845. The van der Waals surface area contributed by atoms with Crippen LogP contribution in [0.2, 0.25) is 0 Å². The molecule has 26 heavy (non-hydrogen) atoms. The molecule has 0 bridgehead atoms. The molecule has 1 aliphatic heterocycles. The fourth-order valence-corrected chi connectivity index (χ4v) is 3.15. The SMILES string of the molecule is O=C(NCc1cccc(Cn2ccnc2)c1)C1CC(c2ccco2)NN1. The van der Waals surface area contributed by atoms with Crippen molar-refractivity contribution in [1.29, 1.82) is 0 Å². The van der Waals surface area contributed by atoms with Crippen LogP contribution in [0.1, 0.15) is 29.3 Å². The molecule has 7 nitrogen and oxygen atoms in total. The number of hydrogen-bond acceptors (Lipinski definition) is 5. The lowest BCUT2D eigenvalue weighted by Gasteiger charge is -2.11. The first-order chi connectivity index (χ1) is 12.8. The third-order valence-electron chi connectivity index (χ3n) is 4.49. The molecule has 1 saturated heterocycles. The molecule has 0 radical (unpaired) electrons. The van der Waals surface area contributed by atoms with Crippen LogP contribution in [-0.4, -0.2) is 21.5 Å². The Kier molecular flexibility index (Phi) is 4.81. The highest BCUT2D eigenvalue weighted by Gasteiger charge is 2.31. The van der Waals surface area contributed by atoms with Crippen molar-refractivity contribution in [3.05, 3.63) is 78.3 Å². The molecule has 2 atom stereocenters. The van der Waals surface area contributed by atoms with E-state index in [0.717, 1.165) is 17.9 Å². The molecule has 3 aromatic rings. The maximum absolute atomic E-state index is 12.4. The number of nitrogens with zero attached hydrogens (tertiary/aromatic N) is 2. The van der Waals surface area contributed by atoms with E-state index < -0.39 is 0 Å². The lowest BCUT2D eigenvalue weighted by Crippen LogP contribution is -2.42. The fraction of sp³-hybridized carbons (Fsp3) is 0.263. The number of nitrogens with one attached hydrogen (secondary N) is 3. The zero-order valence-corrected chi connectivity index (χ0v) is 14.3. The van der Waals surface area contributed by atoms with Crippen molar-refractivity contribution < 1.29 is 9.21 Å². The van der Waals surface area contributed by atoms with Crippen LogP contribution in [0.4, 0.5) is 0 Å². The minimum Gasteiger partial charge on any atom is -0.468 e. The van der Waals surface area contributed by atoms with E-state index in [4.69, 9.17) is 4.42 Å². The molecule has 1 aliphatic rings. The molecule has 3 heterocycles. The van der Waals surface area contributed by atoms with Gasteiger partial charge in [0.05, 0.1) is 18.6 Å². The van der Waals surface area contributed by atoms with Gasteiger partial charge in [-0.2, -0.15) is 0 Å². The number of aromatic nitrogens is 2. The summed E-state index contributed by atoms with van der Waals surface area (Å²) in [6.07, 6.45) is 7.79. The second-order valence-electron chi connectivity index (χ2n) is 6.42. The van der Waals surface area contributed by atoms with Crippen LogP contribution in [0.25, 0.3) is 0 Å². The van der Waals surface area contributed by atoms with Crippen LogP contribution < -0.4 is 16.2 Å². The summed E-state index contributed by atoms with van der Waals surface area (Å²) in [6.45, 7) is 1.26. The van der Waals surface area contributed by atoms with Crippen LogP contribution in [0.15, 0.2) is 65.8 Å². The third kappa shape index (κ3) is 3.84. The van der Waals surface area contributed by atoms with Gasteiger partial charge in [-0.1, -0.05) is 24.3 Å². The molecule has 1 amide bonds. The van der Waals surface area contributed by atoms with Crippen molar-refractivity contribution >= 4 is 5.91 Å². The van der Waals surface area contributed by atoms with Crippen molar-refractivity contribution in [2.75, 3.05) is 0 Å². The fourth-order valence-electron chi connectivity index (χ4n) is 3.15. The van der Waals surface area contributed by atoms with Crippen molar-refractivity contribution in [3.8, 4) is 0 Å². The molecule has 134 valence electrons. The van der Waals surface area contributed by atoms with Crippen LogP contribution in [0.5, 0.6) is 0 Å². The lowest BCUT2D eigenvalue weighted by molar-refractivity contribution is -0.123. The summed E-state index contributed by atoms with van der Waals surface area (Å²) in [5.41, 5.74) is 8.40. The number of carbonyl (C=O) groups is 1. The van der Waals surface area contributed by atoms with E-state index in [-0.39, 0.29) is 18.0 Å². The van der Waals surface area contributed by atoms with Gasteiger partial charge in [0.25, 0.3) is 0 Å². The predicted octanol–water partition coefficient (Wildman–Crippen LogP) is 1.75. The van der Waals surface area contributed by atoms with E-state index in [1.165, 1.54) is 5.56 Å². The number of imidazole rings is 1. The van der Waals surface area contributed by atoms with Gasteiger partial charge < -0.3 is 14.3 Å². The Morgan fingerprint density at radius 1 is 1.27 bits per heavy atom. The van der Waals surface area contributed by atoms with Crippen molar-refractivity contribution in [2.24, 2.45) is 0 Å². The molecule has 2 aromatic heterocycles. The maximum atomic E-state index is 12.4. The summed E-state index contributed by atoms with van der Waals surface area (Å²) in [5.74, 6) is 0.812. The van der Waals surface area contributed by atoms with E-state index in [9.17, 15) is 4.79 Å². The van der Waals surface area contributed by atoms with Crippen LogP contribution in [0, 0.1) is 0 Å². The number of carbonyl (C=O) groups excluding carboxylic acids is 1. The molecule has 1 aromatic carbocycles. The first kappa shape index (κ1) is 16.6. The molecule has 7 heteroatoms. The summed E-state index contributed by atoms with van der Waals surface area (Å²) in [5, 5.41) is 3.00. The van der Waals surface area contributed by atoms with Gasteiger partial charge in [0.15, 0.2) is 0 Å². The third-order valence-corrected chi connectivity index (χ3v) is 4.49. The summed E-state index contributed by atoms with van der Waals surface area (Å²) in [4.78, 5) is 16.5. The minimum atomic E-state index is -0.278. The van der Waals surface area contributed by atoms with E-state index in [2.05, 4.69) is 33.3 Å². The summed E-state index contributed by atoms with van der Waals surface area (Å²) in [6, 6.07) is 11.7. The number of hydrogen-bond donors (Lipinski definition) is 3. The molecular formula is C19H21N5O2. The van der Waals surface area contributed by atoms with Gasteiger partial charge in [-0.15, -0.1) is 0 Å². The van der Waals surface area contributed by atoms with E-state index >= 15 is 0 Å². The second kappa shape index (κ2) is 7.55. The highest BCUT2D eigenvalue weighted by atomic mass is 16.3. The van der Waals surface area contributed by atoms with Gasteiger partial charge >= 0.3 is 0 Å². The van der Waals surface area contributed by atoms with Crippen molar-refractivity contribution in [3.63, 3.8) is 0 Å². The molecule has 0 spiro atoms. The smallest absolute Gasteiger partial charge is 0.238 e. The van der Waals surface area contributed by atoms with Gasteiger partial charge in [-0.05, 0) is 29.7 Å². The molecule has 1 fully saturated rings. The second-order valence-corrected chi connectivity index (χ2v) is 6.42. The van der Waals surface area contributed by atoms with Crippen molar-refractivity contribution in [1.82, 2.24) is 25.7 Å². The normalized spacial score (nSPS) is 19.5. The standard InChI is InChI=1S/C19H21N5O2/c25-19(17-10-16(22-23-17)18-5-2-8-26-18)21-11-14-3-1-4-15(9-14)12-24-7-6-20-13-24/h1-9,13,16-17,22-23H,10-12H2,(H,21,25). The van der Waals surface area contributed by atoms with Gasteiger partial charge in [-0.3, -0.25) is 4.79 Å². The predicted molar refractivity (Wildman–Crippen MR) is 95.7 cm³/mol. The Morgan fingerprint density at radius 2 is 2.19 bits per heavy atom. The monoisotopic (exact) mass is 351 g/mol. The molecule has 2 unspecified atom stereocenters. The zero-order valence-electron chi connectivity index (χ0n) is 14.3. The Hall–Kier alpha value is -2.90. The van der Waals surface area contributed by atoms with E-state index in [0.29, 0.717) is 13.0 Å². The molecule has 4 rings (SSSR count). The van der Waals surface area contributed by atoms with Crippen LogP contribution in [0.3, 0.4) is 0 Å².